The number of amides is 1. The van der Waals surface area contributed by atoms with Crippen LogP contribution in [0, 0.1) is 17.2 Å². The predicted octanol–water partition coefficient (Wildman–Crippen LogP) is 3.27. The summed E-state index contributed by atoms with van der Waals surface area (Å²) in [6.07, 6.45) is 0. The van der Waals surface area contributed by atoms with Crippen LogP contribution in [0.1, 0.15) is 24.2 Å². The van der Waals surface area contributed by atoms with Crippen LogP contribution in [0.25, 0.3) is 0 Å². The Balaban J connectivity index is 2.87. The first kappa shape index (κ1) is 13.8. The second-order valence-corrected chi connectivity index (χ2v) is 4.79. The largest absolute Gasteiger partial charge is 0.336 e. The predicted molar refractivity (Wildman–Crippen MR) is 68.2 cm³/mol. The molecule has 1 N–H and O–H groups in total. The van der Waals surface area contributed by atoms with Crippen molar-refractivity contribution in [3.63, 3.8) is 0 Å². The maximum Gasteiger partial charge on any atom is 0.253 e. The first-order chi connectivity index (χ1) is 7.95. The van der Waals surface area contributed by atoms with Crippen molar-refractivity contribution in [2.24, 2.45) is 5.92 Å². The van der Waals surface area contributed by atoms with E-state index in [9.17, 15) is 4.79 Å². The van der Waals surface area contributed by atoms with E-state index in [0.717, 1.165) is 0 Å². The normalized spacial score (nSPS) is 12.0. The molecule has 0 saturated carbocycles. The molecule has 0 spiro atoms. The Morgan fingerprint density at radius 1 is 1.41 bits per heavy atom. The van der Waals surface area contributed by atoms with Gasteiger partial charge >= 0.3 is 0 Å². The van der Waals surface area contributed by atoms with E-state index in [1.165, 1.54) is 12.1 Å². The Morgan fingerprint density at radius 3 is 2.53 bits per heavy atom. The SMILES string of the molecule is CC(C)C(C#N)NC(=O)c1ccc(Cl)cc1Cl. The minimum absolute atomic E-state index is 0.0371. The van der Waals surface area contributed by atoms with E-state index in [2.05, 4.69) is 5.32 Å². The third kappa shape index (κ3) is 3.62. The molecule has 3 nitrogen and oxygen atoms in total. The van der Waals surface area contributed by atoms with Crippen LogP contribution in [0.2, 0.25) is 10.0 Å². The summed E-state index contributed by atoms with van der Waals surface area (Å²) in [5.74, 6) is -0.332. The molecule has 0 heterocycles. The van der Waals surface area contributed by atoms with Gasteiger partial charge in [-0.1, -0.05) is 37.0 Å². The number of nitriles is 1. The number of halogens is 2. The Morgan fingerprint density at radius 2 is 2.06 bits per heavy atom. The zero-order valence-electron chi connectivity index (χ0n) is 9.50. The molecule has 0 aromatic heterocycles. The molecular formula is C12H12Cl2N2O. The molecule has 0 aliphatic rings. The van der Waals surface area contributed by atoms with Crippen molar-refractivity contribution in [2.45, 2.75) is 19.9 Å². The highest BCUT2D eigenvalue weighted by molar-refractivity contribution is 6.36. The molecule has 0 saturated heterocycles. The van der Waals surface area contributed by atoms with Gasteiger partial charge in [-0.25, -0.2) is 0 Å². The first-order valence-corrected chi connectivity index (χ1v) is 5.87. The maximum absolute atomic E-state index is 11.9. The number of nitrogens with zero attached hydrogens (tertiary/aromatic N) is 1. The summed E-state index contributed by atoms with van der Waals surface area (Å²) in [5, 5.41) is 12.2. The summed E-state index contributed by atoms with van der Waals surface area (Å²) in [4.78, 5) is 11.9. The minimum Gasteiger partial charge on any atom is -0.336 e. The summed E-state index contributed by atoms with van der Waals surface area (Å²) >= 11 is 11.6. The summed E-state index contributed by atoms with van der Waals surface area (Å²) < 4.78 is 0. The molecule has 1 unspecified atom stereocenters. The molecule has 0 fully saturated rings. The van der Waals surface area contributed by atoms with E-state index >= 15 is 0 Å². The van der Waals surface area contributed by atoms with Crippen LogP contribution in [0.4, 0.5) is 0 Å². The van der Waals surface area contributed by atoms with E-state index in [0.29, 0.717) is 10.6 Å². The maximum atomic E-state index is 11.9. The van der Waals surface area contributed by atoms with Crippen molar-refractivity contribution in [3.05, 3.63) is 33.8 Å². The van der Waals surface area contributed by atoms with Crippen molar-refractivity contribution < 1.29 is 4.79 Å². The van der Waals surface area contributed by atoms with Crippen molar-refractivity contribution >= 4 is 29.1 Å². The molecule has 0 bridgehead atoms. The lowest BCUT2D eigenvalue weighted by Crippen LogP contribution is -2.37. The molecule has 1 aromatic carbocycles. The van der Waals surface area contributed by atoms with Crippen LogP contribution in [-0.4, -0.2) is 11.9 Å². The van der Waals surface area contributed by atoms with Crippen LogP contribution in [-0.2, 0) is 0 Å². The van der Waals surface area contributed by atoms with Crippen molar-refractivity contribution in [3.8, 4) is 6.07 Å². The van der Waals surface area contributed by atoms with Gasteiger partial charge in [-0.2, -0.15) is 5.26 Å². The number of nitrogens with one attached hydrogen (secondary N) is 1. The van der Waals surface area contributed by atoms with Gasteiger partial charge in [0, 0.05) is 5.02 Å². The summed E-state index contributed by atoms with van der Waals surface area (Å²) in [6, 6.07) is 6.11. The molecule has 5 heteroatoms. The highest BCUT2D eigenvalue weighted by Crippen LogP contribution is 2.21. The third-order valence-electron chi connectivity index (χ3n) is 2.27. The average molecular weight is 271 g/mol. The quantitative estimate of drug-likeness (QED) is 0.917. The Bertz CT molecular complexity index is 466. The lowest BCUT2D eigenvalue weighted by Gasteiger charge is -2.15. The number of rotatable bonds is 3. The highest BCUT2D eigenvalue weighted by atomic mass is 35.5. The summed E-state index contributed by atoms with van der Waals surface area (Å²) in [6.45, 7) is 3.72. The van der Waals surface area contributed by atoms with Gasteiger partial charge in [0.1, 0.15) is 6.04 Å². The second kappa shape index (κ2) is 5.90. The topological polar surface area (TPSA) is 52.9 Å². The molecule has 1 amide bonds. The highest BCUT2D eigenvalue weighted by Gasteiger charge is 2.18. The molecule has 1 atom stereocenters. The van der Waals surface area contributed by atoms with Gasteiger partial charge in [-0.3, -0.25) is 4.79 Å². The van der Waals surface area contributed by atoms with Crippen LogP contribution < -0.4 is 5.32 Å². The molecule has 0 aliphatic heterocycles. The number of carbonyl (C=O) groups is 1. The fourth-order valence-corrected chi connectivity index (χ4v) is 1.73. The minimum atomic E-state index is -0.533. The fourth-order valence-electron chi connectivity index (χ4n) is 1.24. The Hall–Kier alpha value is -1.24. The molecule has 1 rings (SSSR count). The molecule has 0 aliphatic carbocycles. The van der Waals surface area contributed by atoms with E-state index in [-0.39, 0.29) is 16.8 Å². The van der Waals surface area contributed by atoms with Gasteiger partial charge in [0.05, 0.1) is 16.7 Å². The molecule has 0 radical (unpaired) electrons. The Labute approximate surface area is 110 Å². The smallest absolute Gasteiger partial charge is 0.253 e. The first-order valence-electron chi connectivity index (χ1n) is 5.11. The van der Waals surface area contributed by atoms with Gasteiger partial charge in [-0.05, 0) is 24.1 Å². The van der Waals surface area contributed by atoms with Gasteiger partial charge in [0.25, 0.3) is 5.91 Å². The van der Waals surface area contributed by atoms with Crippen LogP contribution in [0.3, 0.4) is 0 Å². The zero-order valence-corrected chi connectivity index (χ0v) is 11.0. The third-order valence-corrected chi connectivity index (χ3v) is 2.82. The Kier molecular flexibility index (Phi) is 4.80. The van der Waals surface area contributed by atoms with E-state index in [1.54, 1.807) is 6.07 Å². The number of hydrogen-bond acceptors (Lipinski definition) is 2. The monoisotopic (exact) mass is 270 g/mol. The summed E-state index contributed by atoms with van der Waals surface area (Å²) in [7, 11) is 0. The van der Waals surface area contributed by atoms with Crippen molar-refractivity contribution in [1.29, 1.82) is 5.26 Å². The van der Waals surface area contributed by atoms with Crippen molar-refractivity contribution in [2.75, 3.05) is 0 Å². The second-order valence-electron chi connectivity index (χ2n) is 3.95. The molecule has 90 valence electrons. The summed E-state index contributed by atoms with van der Waals surface area (Å²) in [5.41, 5.74) is 0.317. The van der Waals surface area contributed by atoms with E-state index in [1.807, 2.05) is 19.9 Å². The van der Waals surface area contributed by atoms with Crippen molar-refractivity contribution in [1.82, 2.24) is 5.32 Å². The number of hydrogen-bond donors (Lipinski definition) is 1. The number of carbonyl (C=O) groups excluding carboxylic acids is 1. The molecule has 17 heavy (non-hydrogen) atoms. The van der Waals surface area contributed by atoms with Gasteiger partial charge in [-0.15, -0.1) is 0 Å². The lowest BCUT2D eigenvalue weighted by molar-refractivity contribution is 0.0938. The fraction of sp³-hybridized carbons (Fsp3) is 0.333. The number of benzene rings is 1. The zero-order chi connectivity index (χ0) is 13.0. The standard InChI is InChI=1S/C12H12Cl2N2O/c1-7(2)11(6-15)16-12(17)9-4-3-8(13)5-10(9)14/h3-5,7,11H,1-2H3,(H,16,17). The average Bonchev–Trinajstić information content (AvgIpc) is 2.24. The van der Waals surface area contributed by atoms with Gasteiger partial charge in [0.15, 0.2) is 0 Å². The van der Waals surface area contributed by atoms with Crippen LogP contribution >= 0.6 is 23.2 Å². The lowest BCUT2D eigenvalue weighted by atomic mass is 10.1. The van der Waals surface area contributed by atoms with Crippen LogP contribution in [0.15, 0.2) is 18.2 Å². The van der Waals surface area contributed by atoms with E-state index < -0.39 is 6.04 Å². The van der Waals surface area contributed by atoms with Gasteiger partial charge in [0.2, 0.25) is 0 Å². The van der Waals surface area contributed by atoms with E-state index in [4.69, 9.17) is 28.5 Å². The molecule has 1 aromatic rings. The van der Waals surface area contributed by atoms with Crippen LogP contribution in [0.5, 0.6) is 0 Å². The molecular weight excluding hydrogens is 259 g/mol. The van der Waals surface area contributed by atoms with Gasteiger partial charge < -0.3 is 5.32 Å².